The second-order valence-electron chi connectivity index (χ2n) is 4.86. The molecule has 22 heavy (non-hydrogen) atoms. The van der Waals surface area contributed by atoms with Crippen molar-refractivity contribution in [2.75, 3.05) is 31.0 Å². The molecule has 0 aliphatic rings. The molecule has 0 heterocycles. The van der Waals surface area contributed by atoms with Crippen LogP contribution in [0.1, 0.15) is 5.56 Å². The third-order valence-corrected chi connectivity index (χ3v) is 3.54. The Morgan fingerprint density at radius 1 is 1.00 bits per heavy atom. The lowest BCUT2D eigenvalue weighted by molar-refractivity contribution is 0.253. The fourth-order valence-electron chi connectivity index (χ4n) is 2.31. The van der Waals surface area contributed by atoms with Crippen LogP contribution in [0.2, 0.25) is 0 Å². The third-order valence-electron chi connectivity index (χ3n) is 3.54. The summed E-state index contributed by atoms with van der Waals surface area (Å²) >= 11 is 0. The Kier molecular flexibility index (Phi) is 5.01. The minimum absolute atomic E-state index is 0.119. The van der Waals surface area contributed by atoms with Gasteiger partial charge in [-0.25, -0.2) is 4.79 Å². The molecule has 0 aliphatic heterocycles. The molecule has 0 fully saturated rings. The number of aliphatic hydroxyl groups is 1. The highest BCUT2D eigenvalue weighted by atomic mass is 16.5. The van der Waals surface area contributed by atoms with Crippen LogP contribution in [0.25, 0.3) is 0 Å². The maximum atomic E-state index is 12.7. The summed E-state index contributed by atoms with van der Waals surface area (Å²) in [6.07, 6.45) is 0. The molecule has 0 saturated heterocycles. The molecule has 0 atom stereocenters. The van der Waals surface area contributed by atoms with Crippen LogP contribution < -0.4 is 14.5 Å². The number of methoxy groups -OCH3 is 1. The predicted octanol–water partition coefficient (Wildman–Crippen LogP) is 2.88. The van der Waals surface area contributed by atoms with Crippen molar-refractivity contribution in [3.05, 3.63) is 54.1 Å². The quantitative estimate of drug-likeness (QED) is 0.944. The first-order chi connectivity index (χ1) is 10.6. The zero-order valence-electron chi connectivity index (χ0n) is 13.0. The predicted molar refractivity (Wildman–Crippen MR) is 87.6 cm³/mol. The van der Waals surface area contributed by atoms with E-state index in [0.717, 1.165) is 0 Å². The van der Waals surface area contributed by atoms with Gasteiger partial charge in [0.1, 0.15) is 5.75 Å². The largest absolute Gasteiger partial charge is 0.495 e. The Morgan fingerprint density at radius 2 is 1.55 bits per heavy atom. The number of nitrogens with zero attached hydrogens (tertiary/aromatic N) is 2. The number of rotatable bonds is 4. The Hall–Kier alpha value is -2.53. The molecule has 0 radical (unpaired) electrons. The fraction of sp³-hybridized carbons (Fsp3) is 0.235. The summed E-state index contributed by atoms with van der Waals surface area (Å²) in [4.78, 5) is 15.7. The van der Waals surface area contributed by atoms with Crippen molar-refractivity contribution < 1.29 is 14.6 Å². The molecule has 2 aromatic rings. The van der Waals surface area contributed by atoms with E-state index in [-0.39, 0.29) is 12.6 Å². The summed E-state index contributed by atoms with van der Waals surface area (Å²) in [5, 5.41) is 9.42. The molecule has 0 aromatic heterocycles. The Morgan fingerprint density at radius 3 is 2.18 bits per heavy atom. The average molecular weight is 300 g/mol. The molecule has 0 aliphatic carbocycles. The molecular weight excluding hydrogens is 280 g/mol. The number of anilines is 2. The van der Waals surface area contributed by atoms with Crippen LogP contribution in [0.5, 0.6) is 5.75 Å². The molecule has 2 rings (SSSR count). The maximum absolute atomic E-state index is 12.7. The highest BCUT2D eigenvalue weighted by Crippen LogP contribution is 2.28. The van der Waals surface area contributed by atoms with Crippen LogP contribution in [-0.2, 0) is 6.61 Å². The molecule has 0 bridgehead atoms. The summed E-state index contributed by atoms with van der Waals surface area (Å²) in [5.74, 6) is 0.627. The molecule has 116 valence electrons. The van der Waals surface area contributed by atoms with Gasteiger partial charge >= 0.3 is 6.03 Å². The Bertz CT molecular complexity index is 602. The number of aliphatic hydroxyl groups excluding tert-OH is 1. The zero-order valence-corrected chi connectivity index (χ0v) is 13.0. The van der Waals surface area contributed by atoms with E-state index in [9.17, 15) is 9.90 Å². The molecule has 0 saturated carbocycles. The van der Waals surface area contributed by atoms with E-state index in [1.165, 1.54) is 9.80 Å². The molecule has 2 amide bonds. The van der Waals surface area contributed by atoms with Crippen molar-refractivity contribution in [1.29, 1.82) is 0 Å². The number of carbonyl (C=O) groups excluding carboxylic acids is 1. The minimum Gasteiger partial charge on any atom is -0.495 e. The number of ether oxygens (including phenoxy) is 1. The van der Waals surface area contributed by atoms with Gasteiger partial charge < -0.3 is 9.84 Å². The van der Waals surface area contributed by atoms with Gasteiger partial charge in [0.2, 0.25) is 0 Å². The number of para-hydroxylation sites is 3. The molecule has 2 aromatic carbocycles. The molecular formula is C17H20N2O3. The van der Waals surface area contributed by atoms with Crippen molar-refractivity contribution in [1.82, 2.24) is 0 Å². The molecule has 0 spiro atoms. The van der Waals surface area contributed by atoms with E-state index in [1.54, 1.807) is 39.4 Å². The Balaban J connectivity index is 2.30. The zero-order chi connectivity index (χ0) is 16.1. The van der Waals surface area contributed by atoms with Gasteiger partial charge in [0.15, 0.2) is 0 Å². The minimum atomic E-state index is -0.217. The molecule has 5 heteroatoms. The normalized spacial score (nSPS) is 10.2. The summed E-state index contributed by atoms with van der Waals surface area (Å²) in [7, 11) is 4.95. The van der Waals surface area contributed by atoms with E-state index < -0.39 is 0 Å². The van der Waals surface area contributed by atoms with Crippen LogP contribution in [0.15, 0.2) is 48.5 Å². The van der Waals surface area contributed by atoms with Gasteiger partial charge in [0.05, 0.1) is 25.1 Å². The number of hydrogen-bond donors (Lipinski definition) is 1. The summed E-state index contributed by atoms with van der Waals surface area (Å²) in [5.41, 5.74) is 2.06. The van der Waals surface area contributed by atoms with E-state index in [1.807, 2.05) is 30.3 Å². The van der Waals surface area contributed by atoms with Gasteiger partial charge in [-0.3, -0.25) is 9.80 Å². The highest BCUT2D eigenvalue weighted by molar-refractivity contribution is 6.04. The van der Waals surface area contributed by atoms with E-state index in [4.69, 9.17) is 4.74 Å². The molecule has 5 nitrogen and oxygen atoms in total. The Labute approximate surface area is 130 Å². The van der Waals surface area contributed by atoms with E-state index in [0.29, 0.717) is 22.7 Å². The standard InChI is InChI=1S/C17H20N2O3/c1-18(14-9-5-4-8-13(14)12-20)17(21)19(2)15-10-6-7-11-16(15)22-3/h4-11,20H,12H2,1-3H3. The topological polar surface area (TPSA) is 53.0 Å². The van der Waals surface area contributed by atoms with Crippen molar-refractivity contribution >= 4 is 17.4 Å². The summed E-state index contributed by atoms with van der Waals surface area (Å²) in [6.45, 7) is -0.119. The van der Waals surface area contributed by atoms with Crippen molar-refractivity contribution in [2.45, 2.75) is 6.61 Å². The van der Waals surface area contributed by atoms with Gasteiger partial charge in [-0.15, -0.1) is 0 Å². The second kappa shape index (κ2) is 6.95. The van der Waals surface area contributed by atoms with Gasteiger partial charge in [0, 0.05) is 19.7 Å². The second-order valence-corrected chi connectivity index (χ2v) is 4.86. The summed E-state index contributed by atoms with van der Waals surface area (Å²) in [6, 6.07) is 14.4. The van der Waals surface area contributed by atoms with E-state index in [2.05, 4.69) is 0 Å². The van der Waals surface area contributed by atoms with Crippen molar-refractivity contribution in [2.24, 2.45) is 0 Å². The number of amides is 2. The first kappa shape index (κ1) is 15.9. The number of hydrogen-bond acceptors (Lipinski definition) is 3. The van der Waals surface area contributed by atoms with Crippen molar-refractivity contribution in [3.63, 3.8) is 0 Å². The van der Waals surface area contributed by atoms with Crippen molar-refractivity contribution in [3.8, 4) is 5.75 Å². The lowest BCUT2D eigenvalue weighted by atomic mass is 10.2. The lowest BCUT2D eigenvalue weighted by Gasteiger charge is -2.27. The lowest BCUT2D eigenvalue weighted by Crippen LogP contribution is -2.39. The first-order valence-corrected chi connectivity index (χ1v) is 6.93. The SMILES string of the molecule is COc1ccccc1N(C)C(=O)N(C)c1ccccc1CO. The smallest absolute Gasteiger partial charge is 0.328 e. The van der Waals surface area contributed by atoms with Crippen LogP contribution >= 0.6 is 0 Å². The number of benzene rings is 2. The number of carbonyl (C=O) groups is 1. The van der Waals surface area contributed by atoms with Gasteiger partial charge in [0.25, 0.3) is 0 Å². The average Bonchev–Trinajstić information content (AvgIpc) is 2.59. The first-order valence-electron chi connectivity index (χ1n) is 6.93. The van der Waals surface area contributed by atoms with Crippen LogP contribution in [0.3, 0.4) is 0 Å². The third kappa shape index (κ3) is 3.04. The highest BCUT2D eigenvalue weighted by Gasteiger charge is 2.21. The monoisotopic (exact) mass is 300 g/mol. The van der Waals surface area contributed by atoms with Crippen LogP contribution in [0, 0.1) is 0 Å². The van der Waals surface area contributed by atoms with Gasteiger partial charge in [-0.05, 0) is 18.2 Å². The van der Waals surface area contributed by atoms with Gasteiger partial charge in [-0.1, -0.05) is 30.3 Å². The molecule has 1 N–H and O–H groups in total. The van der Waals surface area contributed by atoms with Crippen LogP contribution in [0.4, 0.5) is 16.2 Å². The van der Waals surface area contributed by atoms with Crippen LogP contribution in [-0.4, -0.2) is 32.3 Å². The van der Waals surface area contributed by atoms with E-state index >= 15 is 0 Å². The summed E-state index contributed by atoms with van der Waals surface area (Å²) < 4.78 is 5.29. The fourth-order valence-corrected chi connectivity index (χ4v) is 2.31. The van der Waals surface area contributed by atoms with Gasteiger partial charge in [-0.2, -0.15) is 0 Å². The number of urea groups is 1. The molecule has 0 unspecified atom stereocenters. The maximum Gasteiger partial charge on any atom is 0.328 e.